The molecule has 0 atom stereocenters. The van der Waals surface area contributed by atoms with Gasteiger partial charge in [0, 0.05) is 0 Å². The van der Waals surface area contributed by atoms with Gasteiger partial charge in [-0.3, -0.25) is 0 Å². The molecule has 0 aliphatic heterocycles. The molecule has 1 rings (SSSR count). The zero-order valence-electron chi connectivity index (χ0n) is 9.22. The molecule has 0 aromatic rings. The molecule has 0 radical (unpaired) electrons. The van der Waals surface area contributed by atoms with Crippen LogP contribution in [0.4, 0.5) is 0 Å². The molecule has 74 valence electrons. The number of hydrogen-bond donors (Lipinski definition) is 1. The first kappa shape index (κ1) is 12.2. The van der Waals surface area contributed by atoms with E-state index in [0.717, 1.165) is 6.42 Å². The van der Waals surface area contributed by atoms with E-state index in [4.69, 9.17) is 0 Å². The Kier molecular flexibility index (Phi) is 6.25. The Labute approximate surface area is 82.0 Å². The topological polar surface area (TPSA) is 26.0 Å². The highest BCUT2D eigenvalue weighted by Gasteiger charge is 1.98. The summed E-state index contributed by atoms with van der Waals surface area (Å²) in [6, 6.07) is 0. The number of hydrogen-bond acceptors (Lipinski definition) is 1. The van der Waals surface area contributed by atoms with Crippen LogP contribution in [0.5, 0.6) is 0 Å². The Morgan fingerprint density at radius 1 is 1.23 bits per heavy atom. The summed E-state index contributed by atoms with van der Waals surface area (Å²) >= 11 is 0. The third-order valence-electron chi connectivity index (χ3n) is 2.02. The second-order valence-electron chi connectivity index (χ2n) is 3.26. The van der Waals surface area contributed by atoms with Crippen LogP contribution in [0.2, 0.25) is 0 Å². The van der Waals surface area contributed by atoms with E-state index in [-0.39, 0.29) is 0 Å². The van der Waals surface area contributed by atoms with Crippen molar-refractivity contribution in [1.82, 2.24) is 0 Å². The average Bonchev–Trinajstić information content (AvgIpc) is 2.30. The smallest absolute Gasteiger partial charge is 0.0105 e. The fraction of sp³-hybridized carbons (Fsp3) is 0.500. The van der Waals surface area contributed by atoms with E-state index >= 15 is 0 Å². The Hall–Kier alpha value is -0.820. The lowest BCUT2D eigenvalue weighted by molar-refractivity contribution is 0.993. The molecule has 0 unspecified atom stereocenters. The maximum atomic E-state index is 4.50. The van der Waals surface area contributed by atoms with Crippen molar-refractivity contribution in [1.29, 1.82) is 0 Å². The van der Waals surface area contributed by atoms with E-state index in [0.29, 0.717) is 0 Å². The van der Waals surface area contributed by atoms with Gasteiger partial charge in [-0.05, 0) is 33.7 Å². The van der Waals surface area contributed by atoms with Gasteiger partial charge in [-0.1, -0.05) is 41.9 Å². The molecular formula is C12H21N. The summed E-state index contributed by atoms with van der Waals surface area (Å²) in [5.41, 5.74) is 8.88. The van der Waals surface area contributed by atoms with Gasteiger partial charge in [-0.25, -0.2) is 0 Å². The summed E-state index contributed by atoms with van der Waals surface area (Å²) in [7, 11) is 1.50. The molecule has 1 heteroatoms. The second kappa shape index (κ2) is 6.67. The third-order valence-corrected chi connectivity index (χ3v) is 2.02. The lowest BCUT2D eigenvalue weighted by atomic mass is 10.1. The van der Waals surface area contributed by atoms with Crippen molar-refractivity contribution in [2.45, 2.75) is 33.6 Å². The van der Waals surface area contributed by atoms with Crippen molar-refractivity contribution in [2.75, 3.05) is 7.05 Å². The molecular weight excluding hydrogens is 158 g/mol. The summed E-state index contributed by atoms with van der Waals surface area (Å²) in [5, 5.41) is 0. The van der Waals surface area contributed by atoms with Gasteiger partial charge in [0.2, 0.25) is 0 Å². The van der Waals surface area contributed by atoms with Crippen LogP contribution in [0.1, 0.15) is 33.6 Å². The minimum atomic E-state index is 1.16. The maximum absolute atomic E-state index is 4.50. The molecule has 1 aliphatic rings. The monoisotopic (exact) mass is 179 g/mol. The molecule has 1 nitrogen and oxygen atoms in total. The van der Waals surface area contributed by atoms with Gasteiger partial charge in [0.1, 0.15) is 0 Å². The fourth-order valence-electron chi connectivity index (χ4n) is 1.40. The van der Waals surface area contributed by atoms with Crippen LogP contribution >= 0.6 is 0 Å². The quantitative estimate of drug-likeness (QED) is 0.657. The predicted molar refractivity (Wildman–Crippen MR) is 60.6 cm³/mol. The first-order chi connectivity index (χ1) is 6.22. The number of rotatable bonds is 1. The largest absolute Gasteiger partial charge is 0.333 e. The molecule has 0 heterocycles. The van der Waals surface area contributed by atoms with Crippen LogP contribution in [0.3, 0.4) is 0 Å². The molecule has 0 aromatic carbocycles. The minimum absolute atomic E-state index is 1.16. The van der Waals surface area contributed by atoms with Gasteiger partial charge < -0.3 is 5.73 Å². The molecule has 0 bridgehead atoms. The summed E-state index contributed by atoms with van der Waals surface area (Å²) in [4.78, 5) is 0. The van der Waals surface area contributed by atoms with Gasteiger partial charge in [0.25, 0.3) is 0 Å². The fourth-order valence-corrected chi connectivity index (χ4v) is 1.40. The van der Waals surface area contributed by atoms with E-state index in [9.17, 15) is 0 Å². The van der Waals surface area contributed by atoms with Crippen LogP contribution in [0.15, 0.2) is 34.9 Å². The summed E-state index contributed by atoms with van der Waals surface area (Å²) in [6.07, 6.45) is 9.05. The van der Waals surface area contributed by atoms with Crippen molar-refractivity contribution in [3.05, 3.63) is 34.9 Å². The summed E-state index contributed by atoms with van der Waals surface area (Å²) in [5.74, 6) is 0. The maximum Gasteiger partial charge on any atom is -0.0105 e. The van der Waals surface area contributed by atoms with Gasteiger partial charge in [0.05, 0.1) is 0 Å². The molecule has 0 saturated heterocycles. The Morgan fingerprint density at radius 2 is 1.85 bits per heavy atom. The van der Waals surface area contributed by atoms with Crippen LogP contribution in [-0.4, -0.2) is 7.05 Å². The predicted octanol–water partition coefficient (Wildman–Crippen LogP) is 3.19. The molecule has 0 amide bonds. The van der Waals surface area contributed by atoms with Gasteiger partial charge >= 0.3 is 0 Å². The highest BCUT2D eigenvalue weighted by molar-refractivity contribution is 5.32. The normalized spacial score (nSPS) is 15.9. The first-order valence-corrected chi connectivity index (χ1v) is 4.83. The van der Waals surface area contributed by atoms with Gasteiger partial charge in [-0.15, -0.1) is 0 Å². The summed E-state index contributed by atoms with van der Waals surface area (Å²) in [6.45, 7) is 6.57. The van der Waals surface area contributed by atoms with Crippen LogP contribution in [-0.2, 0) is 0 Å². The average molecular weight is 179 g/mol. The lowest BCUT2D eigenvalue weighted by Crippen LogP contribution is -1.81. The van der Waals surface area contributed by atoms with E-state index in [1.54, 1.807) is 0 Å². The van der Waals surface area contributed by atoms with Crippen LogP contribution < -0.4 is 5.73 Å². The third kappa shape index (κ3) is 4.69. The SMILES string of the molecule is CCC1=CC=C(C)C=C(C)C1.CN. The molecule has 13 heavy (non-hydrogen) atoms. The van der Waals surface area contributed by atoms with Crippen LogP contribution in [0, 0.1) is 0 Å². The molecule has 1 aliphatic carbocycles. The van der Waals surface area contributed by atoms with E-state index in [1.807, 2.05) is 0 Å². The van der Waals surface area contributed by atoms with Crippen molar-refractivity contribution >= 4 is 0 Å². The Morgan fingerprint density at radius 3 is 2.38 bits per heavy atom. The molecule has 0 spiro atoms. The molecule has 0 aromatic heterocycles. The van der Waals surface area contributed by atoms with E-state index in [1.165, 1.54) is 30.2 Å². The van der Waals surface area contributed by atoms with Gasteiger partial charge in [-0.2, -0.15) is 0 Å². The van der Waals surface area contributed by atoms with Crippen LogP contribution in [0.25, 0.3) is 0 Å². The molecule has 2 N–H and O–H groups in total. The molecule has 0 saturated carbocycles. The minimum Gasteiger partial charge on any atom is -0.333 e. The number of nitrogens with two attached hydrogens (primary N) is 1. The zero-order chi connectivity index (χ0) is 10.3. The highest BCUT2D eigenvalue weighted by atomic mass is 14.4. The number of allylic oxidation sites excluding steroid dienone is 6. The zero-order valence-corrected chi connectivity index (χ0v) is 9.22. The van der Waals surface area contributed by atoms with Gasteiger partial charge in [0.15, 0.2) is 0 Å². The summed E-state index contributed by atoms with van der Waals surface area (Å²) < 4.78 is 0. The molecule has 0 fully saturated rings. The lowest BCUT2D eigenvalue weighted by Gasteiger charge is -2.00. The van der Waals surface area contributed by atoms with E-state index < -0.39 is 0 Å². The van der Waals surface area contributed by atoms with E-state index in [2.05, 4.69) is 44.7 Å². The van der Waals surface area contributed by atoms with Crippen molar-refractivity contribution in [3.8, 4) is 0 Å². The van der Waals surface area contributed by atoms with Crippen molar-refractivity contribution in [2.24, 2.45) is 5.73 Å². The standard InChI is InChI=1S/C11H16.CH5N/c1-4-11-6-5-9(2)7-10(3)8-11;1-2/h5-7H,4,8H2,1-3H3;2H2,1H3. The Bertz CT molecular complexity index is 232. The second-order valence-corrected chi connectivity index (χ2v) is 3.26. The Balaban J connectivity index is 0.000000671. The first-order valence-electron chi connectivity index (χ1n) is 4.83. The highest BCUT2D eigenvalue weighted by Crippen LogP contribution is 2.19. The van der Waals surface area contributed by atoms with Crippen molar-refractivity contribution < 1.29 is 0 Å². The van der Waals surface area contributed by atoms with Crippen molar-refractivity contribution in [3.63, 3.8) is 0 Å².